The number of hydrogen-bond acceptors (Lipinski definition) is 4. The Labute approximate surface area is 169 Å². The molecule has 1 atom stereocenters. The van der Waals surface area contributed by atoms with Gasteiger partial charge in [-0.25, -0.2) is 0 Å². The molecule has 0 spiro atoms. The molecular formula is C20H20ClN3O3S. The lowest BCUT2D eigenvalue weighted by atomic mass is 10.0. The number of nitrogens with zero attached hydrogens (tertiary/aromatic N) is 2. The number of rotatable bonds is 5. The normalized spacial score (nSPS) is 18.1. The van der Waals surface area contributed by atoms with Crippen LogP contribution in [0.1, 0.15) is 30.0 Å². The Morgan fingerprint density at radius 1 is 1.21 bits per heavy atom. The summed E-state index contributed by atoms with van der Waals surface area (Å²) in [7, 11) is -2.04. The molecule has 0 aromatic heterocycles. The minimum absolute atomic E-state index is 0.0134. The summed E-state index contributed by atoms with van der Waals surface area (Å²) in [4.78, 5) is 14.4. The molecule has 1 N–H and O–H groups in total. The monoisotopic (exact) mass is 417 g/mol. The maximum absolute atomic E-state index is 12.7. The minimum atomic E-state index is -3.71. The maximum atomic E-state index is 12.7. The van der Waals surface area contributed by atoms with Crippen LogP contribution in [0.2, 0.25) is 5.02 Å². The Kier molecular flexibility index (Phi) is 4.89. The van der Waals surface area contributed by atoms with Gasteiger partial charge in [0.1, 0.15) is 4.90 Å². The largest absolute Gasteiger partial charge is 0.349 e. The predicted molar refractivity (Wildman–Crippen MR) is 108 cm³/mol. The Morgan fingerprint density at radius 3 is 2.57 bits per heavy atom. The molecule has 1 heterocycles. The smallest absolute Gasteiger partial charge is 0.285 e. The van der Waals surface area contributed by atoms with Gasteiger partial charge in [0.2, 0.25) is 5.91 Å². The summed E-state index contributed by atoms with van der Waals surface area (Å²) >= 11 is 5.97. The molecule has 0 saturated heterocycles. The Bertz CT molecular complexity index is 1050. The first-order chi connectivity index (χ1) is 13.3. The number of sulfonamides is 1. The van der Waals surface area contributed by atoms with Gasteiger partial charge in [-0.15, -0.1) is 4.40 Å². The number of likely N-dealkylation sites (N-methyl/N-ethyl adjacent to an activating group) is 1. The number of halogens is 1. The number of hydrogen-bond donors (Lipinski definition) is 1. The first kappa shape index (κ1) is 19.0. The van der Waals surface area contributed by atoms with Crippen molar-refractivity contribution in [3.05, 3.63) is 64.7 Å². The fourth-order valence-electron chi connectivity index (χ4n) is 3.45. The highest BCUT2D eigenvalue weighted by Gasteiger charge is 2.34. The second-order valence-electron chi connectivity index (χ2n) is 7.18. The summed E-state index contributed by atoms with van der Waals surface area (Å²) in [5.41, 5.74) is 1.54. The van der Waals surface area contributed by atoms with Crippen LogP contribution in [-0.2, 0) is 14.8 Å². The van der Waals surface area contributed by atoms with E-state index in [0.717, 1.165) is 18.4 Å². The van der Waals surface area contributed by atoms with Gasteiger partial charge in [0.25, 0.3) is 10.0 Å². The molecule has 2 aliphatic rings. The number of amides is 1. The van der Waals surface area contributed by atoms with Crippen molar-refractivity contribution in [1.82, 2.24) is 10.2 Å². The zero-order valence-corrected chi connectivity index (χ0v) is 16.9. The zero-order valence-electron chi connectivity index (χ0n) is 15.3. The predicted octanol–water partition coefficient (Wildman–Crippen LogP) is 2.99. The third-order valence-corrected chi connectivity index (χ3v) is 6.57. The van der Waals surface area contributed by atoms with E-state index in [1.165, 1.54) is 6.07 Å². The average molecular weight is 418 g/mol. The molecule has 2 aromatic carbocycles. The van der Waals surface area contributed by atoms with Crippen molar-refractivity contribution >= 4 is 33.4 Å². The van der Waals surface area contributed by atoms with E-state index in [1.807, 2.05) is 24.3 Å². The van der Waals surface area contributed by atoms with E-state index in [-0.39, 0.29) is 23.4 Å². The molecule has 1 saturated carbocycles. The van der Waals surface area contributed by atoms with Crippen molar-refractivity contribution in [2.75, 3.05) is 13.6 Å². The summed E-state index contributed by atoms with van der Waals surface area (Å²) < 4.78 is 28.3. The van der Waals surface area contributed by atoms with E-state index < -0.39 is 10.0 Å². The van der Waals surface area contributed by atoms with Gasteiger partial charge in [-0.3, -0.25) is 4.79 Å². The van der Waals surface area contributed by atoms with E-state index in [2.05, 4.69) is 9.71 Å². The summed E-state index contributed by atoms with van der Waals surface area (Å²) in [6, 6.07) is 14.1. The van der Waals surface area contributed by atoms with Crippen LogP contribution in [0.15, 0.2) is 57.8 Å². The molecule has 4 rings (SSSR count). The molecule has 1 unspecified atom stereocenters. The third kappa shape index (κ3) is 3.77. The Morgan fingerprint density at radius 2 is 1.89 bits per heavy atom. The number of carbonyl (C=O) groups excluding carboxylic acids is 1. The average Bonchev–Trinajstić information content (AvgIpc) is 3.46. The number of carbonyl (C=O) groups is 1. The Balaban J connectivity index is 1.48. The van der Waals surface area contributed by atoms with Crippen LogP contribution in [0.5, 0.6) is 0 Å². The molecule has 8 heteroatoms. The van der Waals surface area contributed by atoms with Gasteiger partial charge in [-0.2, -0.15) is 8.42 Å². The van der Waals surface area contributed by atoms with Crippen LogP contribution in [0, 0.1) is 5.92 Å². The Hall–Kier alpha value is -2.38. The lowest BCUT2D eigenvalue weighted by Gasteiger charge is -2.23. The highest BCUT2D eigenvalue weighted by Crippen LogP contribution is 2.41. The number of fused-ring (bicyclic) bond motifs is 1. The van der Waals surface area contributed by atoms with Crippen LogP contribution in [-0.4, -0.2) is 38.7 Å². The van der Waals surface area contributed by atoms with Crippen molar-refractivity contribution < 1.29 is 13.2 Å². The van der Waals surface area contributed by atoms with Crippen molar-refractivity contribution in [2.24, 2.45) is 10.3 Å². The van der Waals surface area contributed by atoms with E-state index >= 15 is 0 Å². The first-order valence-electron chi connectivity index (χ1n) is 9.05. The van der Waals surface area contributed by atoms with Crippen LogP contribution >= 0.6 is 11.6 Å². The molecule has 0 radical (unpaired) electrons. The first-order valence-corrected chi connectivity index (χ1v) is 10.9. The molecule has 1 aliphatic heterocycles. The third-order valence-electron chi connectivity index (χ3n) is 4.99. The van der Waals surface area contributed by atoms with E-state index in [9.17, 15) is 13.2 Å². The molecular weight excluding hydrogens is 398 g/mol. The number of nitrogens with one attached hydrogen (secondary N) is 1. The number of amidine groups is 1. The molecule has 1 amide bonds. The lowest BCUT2D eigenvalue weighted by Crippen LogP contribution is -2.40. The number of benzene rings is 2. The lowest BCUT2D eigenvalue weighted by molar-refractivity contribution is -0.122. The highest BCUT2D eigenvalue weighted by molar-refractivity contribution is 7.90. The SMILES string of the molecule is CN(CC(=O)NC(c1ccc(Cl)cc1)C1CC1)C1=NS(=O)(=O)c2ccccc21. The highest BCUT2D eigenvalue weighted by atomic mass is 35.5. The van der Waals surface area contributed by atoms with Gasteiger partial charge in [0.15, 0.2) is 5.84 Å². The quantitative estimate of drug-likeness (QED) is 0.811. The van der Waals surface area contributed by atoms with Crippen molar-refractivity contribution in [3.8, 4) is 0 Å². The molecule has 28 heavy (non-hydrogen) atoms. The van der Waals surface area contributed by atoms with Gasteiger partial charge in [0.05, 0.1) is 12.6 Å². The summed E-state index contributed by atoms with van der Waals surface area (Å²) in [5, 5.41) is 3.74. The maximum Gasteiger partial charge on any atom is 0.285 e. The second kappa shape index (κ2) is 7.22. The van der Waals surface area contributed by atoms with E-state index in [1.54, 1.807) is 30.1 Å². The van der Waals surface area contributed by atoms with Crippen LogP contribution < -0.4 is 5.32 Å². The summed E-state index contributed by atoms with van der Waals surface area (Å²) in [6.45, 7) is 0.0134. The van der Waals surface area contributed by atoms with Gasteiger partial charge >= 0.3 is 0 Å². The van der Waals surface area contributed by atoms with Gasteiger partial charge in [0, 0.05) is 17.6 Å². The van der Waals surface area contributed by atoms with Crippen molar-refractivity contribution in [2.45, 2.75) is 23.8 Å². The standard InChI is InChI=1S/C20H20ClN3O3S/c1-24(20-16-4-2-3-5-17(16)28(26,27)23-20)12-18(25)22-19(13-6-7-13)14-8-10-15(21)11-9-14/h2-5,8-11,13,19H,6-7,12H2,1H3,(H,22,25). The molecule has 0 bridgehead atoms. The molecule has 2 aromatic rings. The van der Waals surface area contributed by atoms with Crippen molar-refractivity contribution in [1.29, 1.82) is 0 Å². The molecule has 6 nitrogen and oxygen atoms in total. The molecule has 1 aliphatic carbocycles. The van der Waals surface area contributed by atoms with Crippen LogP contribution in [0.4, 0.5) is 0 Å². The van der Waals surface area contributed by atoms with Crippen molar-refractivity contribution in [3.63, 3.8) is 0 Å². The van der Waals surface area contributed by atoms with E-state index in [0.29, 0.717) is 22.3 Å². The summed E-state index contributed by atoms with van der Waals surface area (Å²) in [6.07, 6.45) is 2.14. The second-order valence-corrected chi connectivity index (χ2v) is 9.19. The molecule has 146 valence electrons. The van der Waals surface area contributed by atoms with Gasteiger partial charge in [-0.05, 0) is 48.6 Å². The van der Waals surface area contributed by atoms with Gasteiger partial charge in [-0.1, -0.05) is 35.9 Å². The fraction of sp³-hybridized carbons (Fsp3) is 0.300. The molecule has 1 fully saturated rings. The van der Waals surface area contributed by atoms with Crippen LogP contribution in [0.3, 0.4) is 0 Å². The van der Waals surface area contributed by atoms with E-state index in [4.69, 9.17) is 11.6 Å². The minimum Gasteiger partial charge on any atom is -0.349 e. The zero-order chi connectivity index (χ0) is 19.9. The van der Waals surface area contributed by atoms with Gasteiger partial charge < -0.3 is 10.2 Å². The van der Waals surface area contributed by atoms with Crippen LogP contribution in [0.25, 0.3) is 0 Å². The summed E-state index contributed by atoms with van der Waals surface area (Å²) in [5.74, 6) is 0.527. The fourth-order valence-corrected chi connectivity index (χ4v) is 4.82. The topological polar surface area (TPSA) is 78.8 Å².